The molecule has 118 valence electrons. The van der Waals surface area contributed by atoms with E-state index in [4.69, 9.17) is 5.73 Å². The minimum Gasteiger partial charge on any atom is -0.384 e. The molecule has 0 saturated heterocycles. The summed E-state index contributed by atoms with van der Waals surface area (Å²) < 4.78 is 0. The van der Waals surface area contributed by atoms with Crippen LogP contribution >= 0.6 is 0 Å². The van der Waals surface area contributed by atoms with Gasteiger partial charge in [0.25, 0.3) is 0 Å². The van der Waals surface area contributed by atoms with Crippen molar-refractivity contribution < 1.29 is 4.79 Å². The molecule has 23 heavy (non-hydrogen) atoms. The van der Waals surface area contributed by atoms with E-state index < -0.39 is 0 Å². The minimum atomic E-state index is -0.329. The van der Waals surface area contributed by atoms with Crippen LogP contribution in [0.25, 0.3) is 0 Å². The number of aryl methyl sites for hydroxylation is 1. The Hall–Kier alpha value is -2.54. The van der Waals surface area contributed by atoms with Crippen LogP contribution < -0.4 is 5.73 Å². The van der Waals surface area contributed by atoms with Crippen LogP contribution in [-0.2, 0) is 11.2 Å². The second-order valence-corrected chi connectivity index (χ2v) is 6.13. The molecule has 0 fully saturated rings. The van der Waals surface area contributed by atoms with Crippen LogP contribution in [0.2, 0.25) is 0 Å². The van der Waals surface area contributed by atoms with Gasteiger partial charge in [0, 0.05) is 24.7 Å². The number of benzene rings is 1. The van der Waals surface area contributed by atoms with Crippen LogP contribution in [0.1, 0.15) is 43.2 Å². The van der Waals surface area contributed by atoms with Crippen molar-refractivity contribution in [2.45, 2.75) is 38.5 Å². The Morgan fingerprint density at radius 3 is 2.61 bits per heavy atom. The molecule has 0 unspecified atom stereocenters. The maximum absolute atomic E-state index is 12.6. The van der Waals surface area contributed by atoms with Crippen molar-refractivity contribution in [3.8, 4) is 6.07 Å². The van der Waals surface area contributed by atoms with Gasteiger partial charge in [-0.15, -0.1) is 0 Å². The van der Waals surface area contributed by atoms with Crippen molar-refractivity contribution in [3.05, 3.63) is 58.1 Å². The summed E-state index contributed by atoms with van der Waals surface area (Å²) in [4.78, 5) is 14.4. The molecule has 1 aromatic carbocycles. The fraction of sp³-hybridized carbons (Fsp3) is 0.368. The number of rotatable bonds is 2. The van der Waals surface area contributed by atoms with Crippen molar-refractivity contribution in [2.75, 3.05) is 7.05 Å². The molecule has 0 spiro atoms. The molecule has 1 aliphatic carbocycles. The van der Waals surface area contributed by atoms with Gasteiger partial charge in [0.15, 0.2) is 5.78 Å². The van der Waals surface area contributed by atoms with Crippen molar-refractivity contribution in [3.63, 3.8) is 0 Å². The minimum absolute atomic E-state index is 0.142. The Morgan fingerprint density at radius 2 is 2.00 bits per heavy atom. The number of hydrogen-bond acceptors (Lipinski definition) is 4. The van der Waals surface area contributed by atoms with E-state index in [-0.39, 0.29) is 11.7 Å². The van der Waals surface area contributed by atoms with E-state index in [9.17, 15) is 10.1 Å². The van der Waals surface area contributed by atoms with Crippen molar-refractivity contribution in [2.24, 2.45) is 5.73 Å². The van der Waals surface area contributed by atoms with E-state index in [1.165, 1.54) is 5.56 Å². The largest absolute Gasteiger partial charge is 0.384 e. The zero-order chi connectivity index (χ0) is 16.6. The van der Waals surface area contributed by atoms with Crippen molar-refractivity contribution in [1.82, 2.24) is 4.90 Å². The summed E-state index contributed by atoms with van der Waals surface area (Å²) in [6.45, 7) is 2.11. The molecule has 1 heterocycles. The van der Waals surface area contributed by atoms with Gasteiger partial charge in [0.1, 0.15) is 5.82 Å². The highest BCUT2D eigenvalue weighted by molar-refractivity contribution is 5.99. The highest BCUT2D eigenvalue weighted by Gasteiger charge is 2.38. The summed E-state index contributed by atoms with van der Waals surface area (Å²) in [5.74, 6) is 0.276. The Balaban J connectivity index is 2.18. The molecule has 1 aromatic rings. The monoisotopic (exact) mass is 307 g/mol. The quantitative estimate of drug-likeness (QED) is 0.912. The van der Waals surface area contributed by atoms with Crippen LogP contribution in [0, 0.1) is 11.3 Å². The maximum atomic E-state index is 12.6. The first-order valence-electron chi connectivity index (χ1n) is 8.07. The van der Waals surface area contributed by atoms with Gasteiger partial charge in [0.2, 0.25) is 0 Å². The fourth-order valence-electron chi connectivity index (χ4n) is 3.54. The molecule has 4 heteroatoms. The number of carbonyl (C=O) groups excluding carboxylic acids is 1. The van der Waals surface area contributed by atoms with Crippen LogP contribution in [0.15, 0.2) is 46.9 Å². The highest BCUT2D eigenvalue weighted by Crippen LogP contribution is 2.43. The van der Waals surface area contributed by atoms with E-state index in [1.54, 1.807) is 0 Å². The lowest BCUT2D eigenvalue weighted by molar-refractivity contribution is -0.116. The lowest BCUT2D eigenvalue weighted by Crippen LogP contribution is -2.36. The average Bonchev–Trinajstić information content (AvgIpc) is 2.58. The molecule has 2 N–H and O–H groups in total. The third-order valence-electron chi connectivity index (χ3n) is 4.89. The van der Waals surface area contributed by atoms with E-state index in [0.717, 1.165) is 36.1 Å². The number of ketones is 1. The van der Waals surface area contributed by atoms with Crippen LogP contribution in [0.5, 0.6) is 0 Å². The first-order chi connectivity index (χ1) is 11.1. The molecule has 0 bridgehead atoms. The number of carbonyl (C=O) groups is 1. The van der Waals surface area contributed by atoms with Gasteiger partial charge in [-0.2, -0.15) is 5.26 Å². The van der Waals surface area contributed by atoms with Crippen molar-refractivity contribution in [1.29, 1.82) is 5.26 Å². The Labute approximate surface area is 136 Å². The molecule has 4 nitrogen and oxygen atoms in total. The SMILES string of the molecule is CCc1ccc([C@@H]2C(C#N)=C(N)N(C)C3=C2C(=O)CCC3)cc1. The van der Waals surface area contributed by atoms with Gasteiger partial charge in [-0.1, -0.05) is 31.2 Å². The number of hydrogen-bond donors (Lipinski definition) is 1. The van der Waals surface area contributed by atoms with E-state index in [0.29, 0.717) is 17.8 Å². The molecule has 0 saturated carbocycles. The smallest absolute Gasteiger partial charge is 0.161 e. The second-order valence-electron chi connectivity index (χ2n) is 6.13. The lowest BCUT2D eigenvalue weighted by atomic mass is 9.75. The Bertz CT molecular complexity index is 750. The molecule has 3 rings (SSSR count). The zero-order valence-electron chi connectivity index (χ0n) is 13.6. The molecule has 0 radical (unpaired) electrons. The third-order valence-corrected chi connectivity index (χ3v) is 4.89. The lowest BCUT2D eigenvalue weighted by Gasteiger charge is -2.37. The van der Waals surface area contributed by atoms with Crippen LogP contribution in [0.3, 0.4) is 0 Å². The molecule has 0 amide bonds. The number of nitriles is 1. The predicted octanol–water partition coefficient (Wildman–Crippen LogP) is 2.98. The van der Waals surface area contributed by atoms with Gasteiger partial charge >= 0.3 is 0 Å². The van der Waals surface area contributed by atoms with Gasteiger partial charge in [-0.05, 0) is 30.4 Å². The molecule has 2 aliphatic rings. The Morgan fingerprint density at radius 1 is 1.30 bits per heavy atom. The normalized spacial score (nSPS) is 21.3. The van der Waals surface area contributed by atoms with Gasteiger partial charge in [0.05, 0.1) is 17.6 Å². The van der Waals surface area contributed by atoms with Gasteiger partial charge in [-0.25, -0.2) is 0 Å². The van der Waals surface area contributed by atoms with E-state index in [2.05, 4.69) is 25.1 Å². The maximum Gasteiger partial charge on any atom is 0.161 e. The van der Waals surface area contributed by atoms with Crippen LogP contribution in [0.4, 0.5) is 0 Å². The Kier molecular flexibility index (Phi) is 3.96. The summed E-state index contributed by atoms with van der Waals surface area (Å²) in [6.07, 6.45) is 3.19. The van der Waals surface area contributed by atoms with Gasteiger partial charge < -0.3 is 10.6 Å². The first kappa shape index (κ1) is 15.4. The third kappa shape index (κ3) is 2.43. The van der Waals surface area contributed by atoms with Crippen molar-refractivity contribution >= 4 is 5.78 Å². The summed E-state index contributed by atoms with van der Waals surface area (Å²) in [5.41, 5.74) is 10.6. The fourth-order valence-corrected chi connectivity index (χ4v) is 3.54. The number of allylic oxidation sites excluding steroid dienone is 3. The average molecular weight is 307 g/mol. The highest BCUT2D eigenvalue weighted by atomic mass is 16.1. The molecule has 1 atom stereocenters. The summed E-state index contributed by atoms with van der Waals surface area (Å²) in [6, 6.07) is 10.4. The summed E-state index contributed by atoms with van der Waals surface area (Å²) in [7, 11) is 1.84. The first-order valence-corrected chi connectivity index (χ1v) is 8.07. The number of Topliss-reactive ketones (excluding diaryl/α,β-unsaturated/α-hetero) is 1. The topological polar surface area (TPSA) is 70.1 Å². The predicted molar refractivity (Wildman–Crippen MR) is 89.0 cm³/mol. The van der Waals surface area contributed by atoms with Gasteiger partial charge in [-0.3, -0.25) is 4.79 Å². The molecular weight excluding hydrogens is 286 g/mol. The summed E-state index contributed by atoms with van der Waals surface area (Å²) >= 11 is 0. The van der Waals surface area contributed by atoms with E-state index >= 15 is 0 Å². The molecule has 1 aliphatic heterocycles. The van der Waals surface area contributed by atoms with E-state index in [1.807, 2.05) is 24.1 Å². The number of nitrogens with zero attached hydrogens (tertiary/aromatic N) is 2. The summed E-state index contributed by atoms with van der Waals surface area (Å²) in [5, 5.41) is 9.64. The zero-order valence-corrected chi connectivity index (χ0v) is 13.6. The number of nitrogens with two attached hydrogens (primary N) is 1. The standard InChI is InChI=1S/C19H21N3O/c1-3-12-7-9-13(10-8-12)17-14(11-20)19(21)22(2)15-5-4-6-16(23)18(15)17/h7-10,17H,3-6,21H2,1-2H3/t17-/m1/s1. The second kappa shape index (κ2) is 5.92. The van der Waals surface area contributed by atoms with Crippen LogP contribution in [-0.4, -0.2) is 17.7 Å². The molecular formula is C19H21N3O. The molecule has 0 aromatic heterocycles.